The lowest BCUT2D eigenvalue weighted by Gasteiger charge is -2.39. The number of anilines is 1. The molecule has 1 aliphatic heterocycles. The Labute approximate surface area is 184 Å². The number of amides is 1. The molecule has 6 nitrogen and oxygen atoms in total. The molecule has 1 saturated heterocycles. The zero-order valence-electron chi connectivity index (χ0n) is 16.3. The standard InChI is InChI=1S/C22H19Cl2N5O/c1-2-21(30)29-8-7-28(12-16(29)11-25)22-18-9-17(14-3-5-15(23)6-4-14)19(24)10-20(18)26-13-27-22/h3-6,9-10,13,16H,2,7-8,12H2,1H3. The van der Waals surface area contributed by atoms with E-state index in [2.05, 4.69) is 16.0 Å². The summed E-state index contributed by atoms with van der Waals surface area (Å²) in [7, 11) is 0. The number of rotatable bonds is 3. The molecule has 4 rings (SSSR count). The van der Waals surface area contributed by atoms with E-state index in [0.29, 0.717) is 36.1 Å². The van der Waals surface area contributed by atoms with Crippen LogP contribution in [0.5, 0.6) is 0 Å². The van der Waals surface area contributed by atoms with Gasteiger partial charge in [0, 0.05) is 35.5 Å². The first kappa shape index (κ1) is 20.4. The van der Waals surface area contributed by atoms with Crippen LogP contribution in [-0.4, -0.2) is 46.5 Å². The van der Waals surface area contributed by atoms with Gasteiger partial charge in [-0.3, -0.25) is 4.79 Å². The van der Waals surface area contributed by atoms with Crippen LogP contribution in [0.4, 0.5) is 5.82 Å². The minimum atomic E-state index is -0.515. The van der Waals surface area contributed by atoms with E-state index in [1.807, 2.05) is 48.2 Å². The van der Waals surface area contributed by atoms with Crippen LogP contribution in [-0.2, 0) is 4.79 Å². The van der Waals surface area contributed by atoms with Crippen molar-refractivity contribution in [3.63, 3.8) is 0 Å². The monoisotopic (exact) mass is 439 g/mol. The van der Waals surface area contributed by atoms with E-state index >= 15 is 0 Å². The summed E-state index contributed by atoms with van der Waals surface area (Å²) >= 11 is 12.6. The molecule has 0 radical (unpaired) electrons. The van der Waals surface area contributed by atoms with Crippen molar-refractivity contribution in [3.8, 4) is 17.2 Å². The molecule has 1 amide bonds. The molecule has 1 fully saturated rings. The number of hydrogen-bond donors (Lipinski definition) is 0. The van der Waals surface area contributed by atoms with Crippen LogP contribution >= 0.6 is 23.2 Å². The van der Waals surface area contributed by atoms with E-state index in [9.17, 15) is 10.1 Å². The van der Waals surface area contributed by atoms with Crippen LogP contribution in [0.3, 0.4) is 0 Å². The third-order valence-electron chi connectivity index (χ3n) is 5.31. The number of hydrogen-bond acceptors (Lipinski definition) is 5. The second kappa shape index (κ2) is 8.47. The van der Waals surface area contributed by atoms with Crippen molar-refractivity contribution in [2.75, 3.05) is 24.5 Å². The molecule has 152 valence electrons. The molecule has 0 saturated carbocycles. The number of piperazine rings is 1. The van der Waals surface area contributed by atoms with Gasteiger partial charge in [-0.25, -0.2) is 9.97 Å². The maximum absolute atomic E-state index is 12.2. The molecule has 30 heavy (non-hydrogen) atoms. The van der Waals surface area contributed by atoms with Gasteiger partial charge < -0.3 is 9.80 Å². The van der Waals surface area contributed by atoms with E-state index in [-0.39, 0.29) is 5.91 Å². The normalized spacial score (nSPS) is 16.5. The number of carbonyl (C=O) groups is 1. The van der Waals surface area contributed by atoms with Gasteiger partial charge >= 0.3 is 0 Å². The lowest BCUT2D eigenvalue weighted by atomic mass is 10.0. The first-order valence-corrected chi connectivity index (χ1v) is 10.4. The summed E-state index contributed by atoms with van der Waals surface area (Å²) in [4.78, 5) is 24.7. The summed E-state index contributed by atoms with van der Waals surface area (Å²) in [5, 5.41) is 11.7. The Bertz CT molecular complexity index is 1140. The zero-order chi connectivity index (χ0) is 21.3. The quantitative estimate of drug-likeness (QED) is 0.597. The second-order valence-corrected chi connectivity index (χ2v) is 7.93. The predicted octanol–water partition coefficient (Wildman–Crippen LogP) is 4.55. The minimum absolute atomic E-state index is 0.00875. The Balaban J connectivity index is 1.75. The first-order valence-electron chi connectivity index (χ1n) is 9.66. The highest BCUT2D eigenvalue weighted by Crippen LogP contribution is 2.35. The first-order chi connectivity index (χ1) is 14.5. The summed E-state index contributed by atoms with van der Waals surface area (Å²) in [5.74, 6) is 0.723. The maximum atomic E-state index is 12.2. The molecule has 1 unspecified atom stereocenters. The Kier molecular flexibility index (Phi) is 5.76. The molecular formula is C22H19Cl2N5O. The van der Waals surface area contributed by atoms with E-state index in [1.165, 1.54) is 6.33 Å². The number of carbonyl (C=O) groups excluding carboxylic acids is 1. The zero-order valence-corrected chi connectivity index (χ0v) is 17.9. The van der Waals surface area contributed by atoms with Crippen LogP contribution in [0.1, 0.15) is 13.3 Å². The molecule has 1 aromatic heterocycles. The fraction of sp³-hybridized carbons (Fsp3) is 0.273. The third-order valence-corrected chi connectivity index (χ3v) is 5.87. The van der Waals surface area contributed by atoms with Crippen molar-refractivity contribution < 1.29 is 4.79 Å². The van der Waals surface area contributed by atoms with Gasteiger partial charge in [-0.15, -0.1) is 0 Å². The number of benzene rings is 2. The minimum Gasteiger partial charge on any atom is -0.351 e. The summed E-state index contributed by atoms with van der Waals surface area (Å²) in [5.41, 5.74) is 2.52. The third kappa shape index (κ3) is 3.79. The summed E-state index contributed by atoms with van der Waals surface area (Å²) in [6, 6.07) is 13.0. The molecule has 0 aliphatic carbocycles. The van der Waals surface area contributed by atoms with Crippen molar-refractivity contribution in [1.29, 1.82) is 5.26 Å². The molecule has 3 aromatic rings. The number of fused-ring (bicyclic) bond motifs is 1. The average molecular weight is 440 g/mol. The van der Waals surface area contributed by atoms with E-state index in [1.54, 1.807) is 4.90 Å². The Hall–Kier alpha value is -2.88. The van der Waals surface area contributed by atoms with Crippen LogP contribution in [0.15, 0.2) is 42.7 Å². The number of nitriles is 1. The Morgan fingerprint density at radius 3 is 2.67 bits per heavy atom. The van der Waals surface area contributed by atoms with E-state index < -0.39 is 6.04 Å². The van der Waals surface area contributed by atoms with Crippen molar-refractivity contribution in [2.45, 2.75) is 19.4 Å². The molecule has 2 heterocycles. The fourth-order valence-electron chi connectivity index (χ4n) is 3.75. The van der Waals surface area contributed by atoms with Crippen molar-refractivity contribution in [3.05, 3.63) is 52.8 Å². The molecule has 2 aromatic carbocycles. The van der Waals surface area contributed by atoms with Gasteiger partial charge in [-0.2, -0.15) is 5.26 Å². The van der Waals surface area contributed by atoms with Gasteiger partial charge in [0.15, 0.2) is 0 Å². The highest BCUT2D eigenvalue weighted by atomic mass is 35.5. The molecular weight excluding hydrogens is 421 g/mol. The molecule has 0 spiro atoms. The number of aromatic nitrogens is 2. The topological polar surface area (TPSA) is 73.1 Å². The molecule has 0 N–H and O–H groups in total. The fourth-order valence-corrected chi connectivity index (χ4v) is 4.15. The molecule has 8 heteroatoms. The van der Waals surface area contributed by atoms with E-state index in [0.717, 1.165) is 27.8 Å². The summed E-state index contributed by atoms with van der Waals surface area (Å²) in [6.07, 6.45) is 1.89. The molecule has 0 bridgehead atoms. The molecule has 1 atom stereocenters. The summed E-state index contributed by atoms with van der Waals surface area (Å²) < 4.78 is 0. The van der Waals surface area contributed by atoms with Crippen LogP contribution in [0, 0.1) is 11.3 Å². The van der Waals surface area contributed by atoms with E-state index in [4.69, 9.17) is 23.2 Å². The highest BCUT2D eigenvalue weighted by Gasteiger charge is 2.31. The van der Waals surface area contributed by atoms with Crippen LogP contribution < -0.4 is 4.90 Å². The van der Waals surface area contributed by atoms with Gasteiger partial charge in [-0.05, 0) is 29.8 Å². The maximum Gasteiger partial charge on any atom is 0.223 e. The molecule has 1 aliphatic rings. The van der Waals surface area contributed by atoms with Gasteiger partial charge in [0.05, 0.1) is 23.2 Å². The van der Waals surface area contributed by atoms with Gasteiger partial charge in [0.25, 0.3) is 0 Å². The van der Waals surface area contributed by atoms with Crippen molar-refractivity contribution >= 4 is 45.8 Å². The second-order valence-electron chi connectivity index (χ2n) is 7.08. The smallest absolute Gasteiger partial charge is 0.223 e. The lowest BCUT2D eigenvalue weighted by Crippen LogP contribution is -2.54. The van der Waals surface area contributed by atoms with Crippen molar-refractivity contribution in [1.82, 2.24) is 14.9 Å². The number of nitrogens with zero attached hydrogens (tertiary/aromatic N) is 5. The van der Waals surface area contributed by atoms with Crippen LogP contribution in [0.2, 0.25) is 10.0 Å². The SMILES string of the molecule is CCC(=O)N1CCN(c2ncnc3cc(Cl)c(-c4ccc(Cl)cc4)cc23)CC1C#N. The summed E-state index contributed by atoms with van der Waals surface area (Å²) in [6.45, 7) is 3.28. The largest absolute Gasteiger partial charge is 0.351 e. The van der Waals surface area contributed by atoms with Crippen molar-refractivity contribution in [2.24, 2.45) is 0 Å². The van der Waals surface area contributed by atoms with Gasteiger partial charge in [0.1, 0.15) is 18.2 Å². The Morgan fingerprint density at radius 2 is 1.97 bits per heavy atom. The predicted molar refractivity (Wildman–Crippen MR) is 119 cm³/mol. The number of halogens is 2. The van der Waals surface area contributed by atoms with Gasteiger partial charge in [0.2, 0.25) is 5.91 Å². The lowest BCUT2D eigenvalue weighted by molar-refractivity contribution is -0.132. The van der Waals surface area contributed by atoms with Gasteiger partial charge in [-0.1, -0.05) is 42.3 Å². The highest BCUT2D eigenvalue weighted by molar-refractivity contribution is 6.34. The average Bonchev–Trinajstić information content (AvgIpc) is 2.78. The van der Waals surface area contributed by atoms with Crippen LogP contribution in [0.25, 0.3) is 22.0 Å². The Morgan fingerprint density at radius 1 is 1.20 bits per heavy atom.